The Kier molecular flexibility index (Phi) is 6.22. The van der Waals surface area contributed by atoms with Crippen molar-refractivity contribution in [1.82, 2.24) is 20.2 Å². The largest absolute Gasteiger partial charge is 0.451 e. The zero-order valence-electron chi connectivity index (χ0n) is 15.3. The monoisotopic (exact) mass is 401 g/mol. The van der Waals surface area contributed by atoms with Crippen LogP contribution < -0.4 is 5.32 Å². The highest BCUT2D eigenvalue weighted by Crippen LogP contribution is 2.18. The van der Waals surface area contributed by atoms with Gasteiger partial charge < -0.3 is 10.1 Å². The summed E-state index contributed by atoms with van der Waals surface area (Å²) in [6.07, 6.45) is 0.279. The van der Waals surface area contributed by atoms with Gasteiger partial charge in [-0.1, -0.05) is 30.3 Å². The van der Waals surface area contributed by atoms with Gasteiger partial charge in [0.1, 0.15) is 18.0 Å². The van der Waals surface area contributed by atoms with Gasteiger partial charge in [-0.05, 0) is 35.0 Å². The molecule has 2 atom stereocenters. The molecule has 1 aromatic heterocycles. The summed E-state index contributed by atoms with van der Waals surface area (Å²) in [4.78, 5) is 24.9. The number of ether oxygens (including phenoxy) is 1. The lowest BCUT2D eigenvalue weighted by Gasteiger charge is -2.19. The second-order valence-corrected chi connectivity index (χ2v) is 6.19. The Bertz CT molecular complexity index is 983. The number of carbonyl (C=O) groups is 2. The minimum atomic E-state index is -1.23. The van der Waals surface area contributed by atoms with Crippen LogP contribution in [0, 0.1) is 11.6 Å². The number of halogens is 2. The summed E-state index contributed by atoms with van der Waals surface area (Å²) >= 11 is 0. The van der Waals surface area contributed by atoms with Gasteiger partial charge in [0.05, 0.1) is 5.69 Å². The van der Waals surface area contributed by atoms with E-state index in [2.05, 4.69) is 20.8 Å². The maximum atomic E-state index is 13.7. The first kappa shape index (κ1) is 20.1. The topological polar surface area (TPSA) is 99.0 Å². The highest BCUT2D eigenvalue weighted by molar-refractivity contribution is 5.95. The van der Waals surface area contributed by atoms with E-state index < -0.39 is 35.7 Å². The molecule has 0 spiro atoms. The molecule has 0 aliphatic carbocycles. The molecule has 3 aromatic rings. The Balaban J connectivity index is 1.68. The first-order valence-corrected chi connectivity index (χ1v) is 8.67. The SMILES string of the molecule is C[C@H](OC(=O)[C@@H](Cc1ccccc1)n1cnnn1)C(=O)Nc1ccc(F)cc1F. The van der Waals surface area contributed by atoms with Crippen LogP contribution in [-0.2, 0) is 20.7 Å². The van der Waals surface area contributed by atoms with Crippen molar-refractivity contribution in [1.29, 1.82) is 0 Å². The summed E-state index contributed by atoms with van der Waals surface area (Å²) in [6, 6.07) is 11.0. The number of amides is 1. The summed E-state index contributed by atoms with van der Waals surface area (Å²) in [7, 11) is 0. The van der Waals surface area contributed by atoms with Gasteiger partial charge in [0, 0.05) is 12.5 Å². The normalized spacial score (nSPS) is 12.8. The summed E-state index contributed by atoms with van der Waals surface area (Å²) in [6.45, 7) is 1.34. The maximum absolute atomic E-state index is 13.7. The molecule has 0 aliphatic rings. The predicted octanol–water partition coefficient (Wildman–Crippen LogP) is 2.31. The number of hydrogen-bond acceptors (Lipinski definition) is 6. The van der Waals surface area contributed by atoms with Crippen LogP contribution in [0.1, 0.15) is 18.5 Å². The minimum Gasteiger partial charge on any atom is -0.451 e. The van der Waals surface area contributed by atoms with Crippen molar-refractivity contribution in [3.8, 4) is 0 Å². The number of tetrazole rings is 1. The van der Waals surface area contributed by atoms with Crippen molar-refractivity contribution in [2.75, 3.05) is 5.32 Å². The van der Waals surface area contributed by atoms with Crippen LogP contribution in [0.5, 0.6) is 0 Å². The van der Waals surface area contributed by atoms with Crippen LogP contribution in [0.4, 0.5) is 14.5 Å². The Labute approximate surface area is 164 Å². The molecule has 0 saturated carbocycles. The van der Waals surface area contributed by atoms with Gasteiger partial charge in [-0.3, -0.25) is 4.79 Å². The van der Waals surface area contributed by atoms with Gasteiger partial charge in [-0.15, -0.1) is 5.10 Å². The molecular weight excluding hydrogens is 384 g/mol. The van der Waals surface area contributed by atoms with Crippen molar-refractivity contribution in [2.45, 2.75) is 25.5 Å². The molecule has 0 unspecified atom stereocenters. The van der Waals surface area contributed by atoms with Gasteiger partial charge in [-0.25, -0.2) is 18.3 Å². The van der Waals surface area contributed by atoms with Gasteiger partial charge >= 0.3 is 5.97 Å². The molecule has 10 heteroatoms. The van der Waals surface area contributed by atoms with E-state index >= 15 is 0 Å². The smallest absolute Gasteiger partial charge is 0.332 e. The molecule has 150 valence electrons. The van der Waals surface area contributed by atoms with Crippen LogP contribution in [0.3, 0.4) is 0 Å². The van der Waals surface area contributed by atoms with Gasteiger partial charge in [0.2, 0.25) is 0 Å². The third-order valence-corrected chi connectivity index (χ3v) is 4.08. The van der Waals surface area contributed by atoms with E-state index in [1.54, 1.807) is 0 Å². The average molecular weight is 401 g/mol. The fourth-order valence-electron chi connectivity index (χ4n) is 2.56. The van der Waals surface area contributed by atoms with Crippen LogP contribution >= 0.6 is 0 Å². The molecule has 2 aromatic carbocycles. The zero-order valence-corrected chi connectivity index (χ0v) is 15.3. The summed E-state index contributed by atoms with van der Waals surface area (Å²) in [5, 5.41) is 13.1. The van der Waals surface area contributed by atoms with Gasteiger partial charge in [0.25, 0.3) is 5.91 Å². The quantitative estimate of drug-likeness (QED) is 0.610. The van der Waals surface area contributed by atoms with Crippen LogP contribution in [0.25, 0.3) is 0 Å². The molecule has 0 bridgehead atoms. The highest BCUT2D eigenvalue weighted by atomic mass is 19.1. The number of nitrogens with zero attached hydrogens (tertiary/aromatic N) is 4. The molecule has 1 amide bonds. The lowest BCUT2D eigenvalue weighted by Crippen LogP contribution is -2.34. The number of aromatic nitrogens is 4. The number of rotatable bonds is 7. The Morgan fingerprint density at radius 3 is 2.59 bits per heavy atom. The van der Waals surface area contributed by atoms with Crippen LogP contribution in [-0.4, -0.2) is 38.2 Å². The van der Waals surface area contributed by atoms with E-state index in [9.17, 15) is 18.4 Å². The standard InChI is InChI=1S/C19H17F2N5O3/c1-12(18(27)23-16-8-7-14(20)10-15(16)21)29-19(28)17(26-11-22-24-25-26)9-13-5-3-2-4-6-13/h2-8,10-12,17H,9H2,1H3,(H,23,27)/t12-,17+/m0/s1. The van der Waals surface area contributed by atoms with Crippen molar-refractivity contribution < 1.29 is 23.1 Å². The molecule has 29 heavy (non-hydrogen) atoms. The lowest BCUT2D eigenvalue weighted by atomic mass is 10.1. The summed E-state index contributed by atoms with van der Waals surface area (Å²) < 4.78 is 33.2. The number of benzene rings is 2. The molecule has 3 rings (SSSR count). The second kappa shape index (κ2) is 9.00. The summed E-state index contributed by atoms with van der Waals surface area (Å²) in [5.41, 5.74) is 0.621. The average Bonchev–Trinajstić information content (AvgIpc) is 3.23. The van der Waals surface area contributed by atoms with Crippen molar-refractivity contribution >= 4 is 17.6 Å². The van der Waals surface area contributed by atoms with Crippen LogP contribution in [0.2, 0.25) is 0 Å². The van der Waals surface area contributed by atoms with E-state index in [0.717, 1.165) is 17.7 Å². The Hall–Kier alpha value is -3.69. The number of hydrogen-bond donors (Lipinski definition) is 1. The molecule has 0 saturated heterocycles. The number of carbonyl (C=O) groups excluding carboxylic acids is 2. The Morgan fingerprint density at radius 1 is 1.17 bits per heavy atom. The van der Waals surface area contributed by atoms with Crippen molar-refractivity contribution in [3.05, 3.63) is 72.1 Å². The predicted molar refractivity (Wildman–Crippen MR) is 97.5 cm³/mol. The van der Waals surface area contributed by atoms with E-state index in [-0.39, 0.29) is 12.1 Å². The fourth-order valence-corrected chi connectivity index (χ4v) is 2.56. The summed E-state index contributed by atoms with van der Waals surface area (Å²) in [5.74, 6) is -3.21. The number of anilines is 1. The molecule has 8 nitrogen and oxygen atoms in total. The molecule has 0 aliphatic heterocycles. The first-order chi connectivity index (χ1) is 13.9. The van der Waals surface area contributed by atoms with Gasteiger partial charge in [-0.2, -0.15) is 0 Å². The minimum absolute atomic E-state index is 0.222. The van der Waals surface area contributed by atoms with E-state index in [0.29, 0.717) is 6.07 Å². The number of esters is 1. The molecule has 1 N–H and O–H groups in total. The van der Waals surface area contributed by atoms with Crippen LogP contribution in [0.15, 0.2) is 54.9 Å². The second-order valence-electron chi connectivity index (χ2n) is 6.19. The molecule has 0 fully saturated rings. The van der Waals surface area contributed by atoms with E-state index in [4.69, 9.17) is 4.74 Å². The highest BCUT2D eigenvalue weighted by Gasteiger charge is 2.28. The third kappa shape index (κ3) is 5.18. The van der Waals surface area contributed by atoms with Gasteiger partial charge in [0.15, 0.2) is 12.1 Å². The number of nitrogens with one attached hydrogen (secondary N) is 1. The van der Waals surface area contributed by atoms with E-state index in [1.165, 1.54) is 17.9 Å². The maximum Gasteiger partial charge on any atom is 0.332 e. The third-order valence-electron chi connectivity index (χ3n) is 4.08. The lowest BCUT2D eigenvalue weighted by molar-refractivity contribution is -0.156. The molecule has 0 radical (unpaired) electrons. The fraction of sp³-hybridized carbons (Fsp3) is 0.211. The molecular formula is C19H17F2N5O3. The Morgan fingerprint density at radius 2 is 1.93 bits per heavy atom. The van der Waals surface area contributed by atoms with Crippen molar-refractivity contribution in [2.24, 2.45) is 0 Å². The zero-order chi connectivity index (χ0) is 20.8. The van der Waals surface area contributed by atoms with E-state index in [1.807, 2.05) is 30.3 Å². The van der Waals surface area contributed by atoms with Crippen molar-refractivity contribution in [3.63, 3.8) is 0 Å². The first-order valence-electron chi connectivity index (χ1n) is 8.67. The molecule has 1 heterocycles.